The monoisotopic (exact) mass is 300 g/mol. The van der Waals surface area contributed by atoms with Gasteiger partial charge in [-0.3, -0.25) is 4.79 Å². The van der Waals surface area contributed by atoms with Gasteiger partial charge in [0, 0.05) is 5.33 Å². The van der Waals surface area contributed by atoms with Gasteiger partial charge in [-0.15, -0.1) is 0 Å². The van der Waals surface area contributed by atoms with Gasteiger partial charge in [0.05, 0.1) is 0 Å². The summed E-state index contributed by atoms with van der Waals surface area (Å²) in [5, 5.41) is 0.794. The van der Waals surface area contributed by atoms with Crippen LogP contribution in [0.2, 0.25) is 0 Å². The average Bonchev–Trinajstić information content (AvgIpc) is 1.84. The molecule has 2 nitrogen and oxygen atoms in total. The van der Waals surface area contributed by atoms with E-state index in [2.05, 4.69) is 31.9 Å². The third kappa shape index (κ3) is 6.00. The maximum Gasteiger partial charge on any atom is 0.320 e. The molecule has 0 heterocycles. The van der Waals surface area contributed by atoms with Crippen LogP contribution < -0.4 is 0 Å². The highest BCUT2D eigenvalue weighted by Crippen LogP contribution is 2.14. The van der Waals surface area contributed by atoms with E-state index in [1.807, 2.05) is 20.8 Å². The average molecular weight is 302 g/mol. The summed E-state index contributed by atoms with van der Waals surface area (Å²) in [6.45, 7) is 5.58. The van der Waals surface area contributed by atoms with E-state index in [1.165, 1.54) is 0 Å². The zero-order chi connectivity index (χ0) is 9.78. The van der Waals surface area contributed by atoms with Gasteiger partial charge in [-0.1, -0.05) is 31.9 Å². The van der Waals surface area contributed by atoms with Crippen LogP contribution in [0.25, 0.3) is 0 Å². The smallest absolute Gasteiger partial charge is 0.320 e. The van der Waals surface area contributed by atoms with Gasteiger partial charge in [0.2, 0.25) is 0 Å². The molecule has 0 N–H and O–H groups in total. The summed E-state index contributed by atoms with van der Waals surface area (Å²) >= 11 is 6.51. The molecule has 0 aliphatic rings. The highest BCUT2D eigenvalue weighted by atomic mass is 79.9. The molecule has 0 radical (unpaired) electrons. The van der Waals surface area contributed by atoms with Crippen molar-refractivity contribution in [1.82, 2.24) is 0 Å². The van der Waals surface area contributed by atoms with Crippen molar-refractivity contribution in [3.8, 4) is 0 Å². The van der Waals surface area contributed by atoms with E-state index >= 15 is 0 Å². The highest BCUT2D eigenvalue weighted by Gasteiger charge is 2.21. The first-order valence-electron chi connectivity index (χ1n) is 3.79. The Kier molecular flexibility index (Phi) is 5.41. The van der Waals surface area contributed by atoms with Crippen molar-refractivity contribution in [3.63, 3.8) is 0 Å². The summed E-state index contributed by atoms with van der Waals surface area (Å²) in [4.78, 5) is 11.1. The predicted molar refractivity (Wildman–Crippen MR) is 57.0 cm³/mol. The molecule has 0 fully saturated rings. The number of carbonyl (C=O) groups is 1. The normalized spacial score (nSPS) is 14.1. The van der Waals surface area contributed by atoms with Crippen molar-refractivity contribution < 1.29 is 9.53 Å². The van der Waals surface area contributed by atoms with E-state index in [9.17, 15) is 4.79 Å². The number of hydrogen-bond donors (Lipinski definition) is 0. The molecule has 0 spiro atoms. The molecule has 0 aromatic heterocycles. The first-order chi connectivity index (χ1) is 5.37. The summed E-state index contributed by atoms with van der Waals surface area (Å²) in [7, 11) is 0. The number of alkyl halides is 2. The molecular weight excluding hydrogens is 288 g/mol. The summed E-state index contributed by atoms with van der Waals surface area (Å²) < 4.78 is 5.15. The SMILES string of the molecule is CC(C)(C)OC(=O)[C@@H](Br)CCBr. The fourth-order valence-corrected chi connectivity index (χ4v) is 1.97. The summed E-state index contributed by atoms with van der Waals surface area (Å²) in [6, 6.07) is 0. The largest absolute Gasteiger partial charge is 0.459 e. The van der Waals surface area contributed by atoms with Gasteiger partial charge in [0.25, 0.3) is 0 Å². The lowest BCUT2D eigenvalue weighted by molar-refractivity contribution is -0.153. The Morgan fingerprint density at radius 2 is 2.00 bits per heavy atom. The van der Waals surface area contributed by atoms with E-state index in [1.54, 1.807) is 0 Å². The van der Waals surface area contributed by atoms with Crippen molar-refractivity contribution >= 4 is 37.8 Å². The Balaban J connectivity index is 3.87. The van der Waals surface area contributed by atoms with Crippen LogP contribution in [0.3, 0.4) is 0 Å². The van der Waals surface area contributed by atoms with Gasteiger partial charge in [-0.2, -0.15) is 0 Å². The van der Waals surface area contributed by atoms with Crippen molar-refractivity contribution in [2.75, 3.05) is 5.33 Å². The minimum absolute atomic E-state index is 0.193. The predicted octanol–water partition coefficient (Wildman–Crippen LogP) is 2.88. The second kappa shape index (κ2) is 5.22. The summed E-state index contributed by atoms with van der Waals surface area (Å²) in [6.07, 6.45) is 0.745. The molecule has 1 atom stereocenters. The zero-order valence-corrected chi connectivity index (χ0v) is 10.7. The molecule has 72 valence electrons. The molecule has 0 aromatic rings. The van der Waals surface area contributed by atoms with Gasteiger partial charge in [0.15, 0.2) is 0 Å². The zero-order valence-electron chi connectivity index (χ0n) is 7.56. The Bertz CT molecular complexity index is 152. The molecule has 0 rings (SSSR count). The van der Waals surface area contributed by atoms with Crippen LogP contribution in [0, 0.1) is 0 Å². The number of carbonyl (C=O) groups excluding carboxylic acids is 1. The molecule has 0 saturated carbocycles. The molecule has 0 aliphatic heterocycles. The van der Waals surface area contributed by atoms with E-state index in [-0.39, 0.29) is 10.8 Å². The molecule has 0 aromatic carbocycles. The number of hydrogen-bond acceptors (Lipinski definition) is 2. The molecule has 12 heavy (non-hydrogen) atoms. The van der Waals surface area contributed by atoms with E-state index in [0.29, 0.717) is 0 Å². The maximum absolute atomic E-state index is 11.3. The van der Waals surface area contributed by atoms with Crippen LogP contribution in [-0.2, 0) is 9.53 Å². The number of halogens is 2. The molecule has 0 bridgehead atoms. The Hall–Kier alpha value is 0.430. The molecule has 0 unspecified atom stereocenters. The highest BCUT2D eigenvalue weighted by molar-refractivity contribution is 9.10. The van der Waals surface area contributed by atoms with Gasteiger partial charge >= 0.3 is 5.97 Å². The van der Waals surface area contributed by atoms with Gasteiger partial charge in [-0.25, -0.2) is 0 Å². The molecule has 0 aliphatic carbocycles. The molecule has 0 saturated heterocycles. The molecular formula is C8H14Br2O2. The van der Waals surface area contributed by atoms with Gasteiger partial charge < -0.3 is 4.74 Å². The fraction of sp³-hybridized carbons (Fsp3) is 0.875. The lowest BCUT2D eigenvalue weighted by Crippen LogP contribution is -2.29. The first kappa shape index (κ1) is 12.4. The third-order valence-corrected chi connectivity index (χ3v) is 2.31. The summed E-state index contributed by atoms with van der Waals surface area (Å²) in [5.41, 5.74) is -0.393. The van der Waals surface area contributed by atoms with Gasteiger partial charge in [-0.05, 0) is 27.2 Å². The summed E-state index contributed by atoms with van der Waals surface area (Å²) in [5.74, 6) is -0.193. The van der Waals surface area contributed by atoms with Crippen LogP contribution in [0.4, 0.5) is 0 Å². The van der Waals surface area contributed by atoms with Crippen molar-refractivity contribution in [2.24, 2.45) is 0 Å². The lowest BCUT2D eigenvalue weighted by Gasteiger charge is -2.21. The van der Waals surface area contributed by atoms with Crippen LogP contribution >= 0.6 is 31.9 Å². The standard InChI is InChI=1S/C8H14Br2O2/c1-8(2,3)12-7(11)6(10)4-5-9/h6H,4-5H2,1-3H3/t6-/m0/s1. The van der Waals surface area contributed by atoms with Gasteiger partial charge in [0.1, 0.15) is 10.4 Å². The quantitative estimate of drug-likeness (QED) is 0.592. The number of esters is 1. The second-order valence-corrected chi connectivity index (χ2v) is 5.38. The van der Waals surface area contributed by atoms with Crippen molar-refractivity contribution in [1.29, 1.82) is 0 Å². The van der Waals surface area contributed by atoms with E-state index in [0.717, 1.165) is 11.8 Å². The lowest BCUT2D eigenvalue weighted by atomic mass is 10.2. The third-order valence-electron chi connectivity index (χ3n) is 1.03. The number of rotatable bonds is 3. The van der Waals surface area contributed by atoms with Crippen molar-refractivity contribution in [3.05, 3.63) is 0 Å². The minimum Gasteiger partial charge on any atom is -0.459 e. The Morgan fingerprint density at radius 3 is 2.33 bits per heavy atom. The fourth-order valence-electron chi connectivity index (χ4n) is 0.579. The Labute approximate surface area is 90.3 Å². The molecule has 0 amide bonds. The molecule has 4 heteroatoms. The maximum atomic E-state index is 11.3. The van der Waals surface area contributed by atoms with Crippen LogP contribution in [-0.4, -0.2) is 21.7 Å². The van der Waals surface area contributed by atoms with Crippen LogP contribution in [0.1, 0.15) is 27.2 Å². The topological polar surface area (TPSA) is 26.3 Å². The Morgan fingerprint density at radius 1 is 1.50 bits per heavy atom. The number of ether oxygens (including phenoxy) is 1. The van der Waals surface area contributed by atoms with E-state index in [4.69, 9.17) is 4.74 Å². The van der Waals surface area contributed by atoms with E-state index < -0.39 is 5.60 Å². The first-order valence-corrected chi connectivity index (χ1v) is 5.83. The van der Waals surface area contributed by atoms with Crippen molar-refractivity contribution in [2.45, 2.75) is 37.6 Å². The van der Waals surface area contributed by atoms with Crippen LogP contribution in [0.15, 0.2) is 0 Å². The minimum atomic E-state index is -0.393. The second-order valence-electron chi connectivity index (χ2n) is 3.48. The van der Waals surface area contributed by atoms with Crippen LogP contribution in [0.5, 0.6) is 0 Å².